The minimum atomic E-state index is -3.73. The Morgan fingerprint density at radius 2 is 2.16 bits per heavy atom. The molecular weight excluding hydrogens is 513 g/mol. The van der Waals surface area contributed by atoms with E-state index < -0.39 is 46.6 Å². The predicted molar refractivity (Wildman–Crippen MR) is 114 cm³/mol. The summed E-state index contributed by atoms with van der Waals surface area (Å²) < 4.78 is 44.3. The van der Waals surface area contributed by atoms with Gasteiger partial charge in [0.1, 0.15) is 16.1 Å². The molecule has 3 rings (SSSR count). The Bertz CT molecular complexity index is 962. The Hall–Kier alpha value is -1.49. The number of ether oxygens (including phenoxy) is 1. The quantitative estimate of drug-likeness (QED) is 0.264. The number of fused-ring (bicyclic) bond motifs is 1. The minimum absolute atomic E-state index is 0.209. The number of halogens is 3. The van der Waals surface area contributed by atoms with E-state index in [1.54, 1.807) is 6.92 Å². The highest BCUT2D eigenvalue weighted by molar-refractivity contribution is 8.02. The van der Waals surface area contributed by atoms with Gasteiger partial charge in [-0.15, -0.1) is 22.0 Å². The first-order chi connectivity index (χ1) is 15.0. The molecule has 0 bridgehead atoms. The molecule has 2 aliphatic rings. The molecule has 1 saturated heterocycles. The van der Waals surface area contributed by atoms with Gasteiger partial charge >= 0.3 is 11.2 Å². The van der Waals surface area contributed by atoms with Crippen molar-refractivity contribution in [3.8, 4) is 0 Å². The van der Waals surface area contributed by atoms with Gasteiger partial charge < -0.3 is 15.2 Å². The number of hydrogen-bond acceptors (Lipinski definition) is 10. The van der Waals surface area contributed by atoms with Crippen molar-refractivity contribution >= 4 is 64.4 Å². The van der Waals surface area contributed by atoms with Crippen LogP contribution in [0.5, 0.6) is 0 Å². The lowest BCUT2D eigenvalue weighted by molar-refractivity contribution is -0.192. The van der Waals surface area contributed by atoms with Crippen LogP contribution in [0.2, 0.25) is 0 Å². The molecule has 2 atom stereocenters. The number of hydrogen-bond donors (Lipinski definition) is 2. The van der Waals surface area contributed by atoms with E-state index >= 15 is 0 Å². The van der Waals surface area contributed by atoms with Crippen LogP contribution in [0.1, 0.15) is 5.01 Å². The average molecular weight is 531 g/mol. The molecule has 9 nitrogen and oxygen atoms in total. The van der Waals surface area contributed by atoms with Gasteiger partial charge in [-0.25, -0.2) is 9.18 Å². The second-order valence-electron chi connectivity index (χ2n) is 6.52. The molecular formula is C16H17F3N4O5S4. The van der Waals surface area contributed by atoms with Crippen molar-refractivity contribution in [2.24, 2.45) is 0 Å². The van der Waals surface area contributed by atoms with Crippen LogP contribution < -0.4 is 5.32 Å². The van der Waals surface area contributed by atoms with Crippen LogP contribution in [0.4, 0.5) is 13.2 Å². The lowest BCUT2D eigenvalue weighted by atomic mass is 9.98. The molecule has 0 aliphatic carbocycles. The molecule has 32 heavy (non-hydrogen) atoms. The first-order valence-corrected chi connectivity index (χ1v) is 12.7. The summed E-state index contributed by atoms with van der Waals surface area (Å²) in [5.74, 6) is -3.43. The molecule has 0 unspecified atom stereocenters. The van der Waals surface area contributed by atoms with E-state index in [4.69, 9.17) is 4.74 Å². The highest BCUT2D eigenvalue weighted by atomic mass is 32.2. The van der Waals surface area contributed by atoms with Crippen molar-refractivity contribution in [3.63, 3.8) is 0 Å². The SMILES string of the molecule is CO[C@@]1(NC(=O)CSC(F)(F)CF)C(=O)N2C(C(=O)O)=C(CSc3nnc(C)s3)CS[C@H]21. The van der Waals surface area contributed by atoms with E-state index in [-0.39, 0.29) is 29.0 Å². The highest BCUT2D eigenvalue weighted by Crippen LogP contribution is 2.47. The van der Waals surface area contributed by atoms with Gasteiger partial charge in [0.2, 0.25) is 5.91 Å². The number of thioether (sulfide) groups is 3. The summed E-state index contributed by atoms with van der Waals surface area (Å²) in [4.78, 5) is 38.0. The van der Waals surface area contributed by atoms with Crippen molar-refractivity contribution in [2.75, 3.05) is 31.0 Å². The fourth-order valence-electron chi connectivity index (χ4n) is 2.99. The summed E-state index contributed by atoms with van der Waals surface area (Å²) in [5, 5.41) is 16.0. The van der Waals surface area contributed by atoms with Gasteiger partial charge in [-0.2, -0.15) is 8.78 Å². The Labute approximate surface area is 196 Å². The molecule has 176 valence electrons. The highest BCUT2D eigenvalue weighted by Gasteiger charge is 2.66. The zero-order chi connectivity index (χ0) is 23.7. The third kappa shape index (κ3) is 4.88. The number of nitrogens with zero attached hydrogens (tertiary/aromatic N) is 3. The molecule has 1 aromatic rings. The van der Waals surface area contributed by atoms with E-state index in [2.05, 4.69) is 15.5 Å². The van der Waals surface area contributed by atoms with Crippen molar-refractivity contribution in [2.45, 2.75) is 27.6 Å². The predicted octanol–water partition coefficient (Wildman–Crippen LogP) is 1.95. The maximum atomic E-state index is 13.1. The average Bonchev–Trinajstić information content (AvgIpc) is 3.18. The Morgan fingerprint density at radius 1 is 1.44 bits per heavy atom. The van der Waals surface area contributed by atoms with Gasteiger partial charge in [0.15, 0.2) is 11.0 Å². The smallest absolute Gasteiger partial charge is 0.352 e. The van der Waals surface area contributed by atoms with Crippen molar-refractivity contribution < 1.29 is 37.4 Å². The number of aromatic nitrogens is 2. The van der Waals surface area contributed by atoms with Gasteiger partial charge in [0.05, 0.1) is 5.75 Å². The standard InChI is InChI=1S/C16H17F3N4O5S4/c1-7-21-22-14(32-7)30-4-8-3-29-13-16(28-2,12(27)23(13)10(8)11(25)26)20-9(24)5-31-15(18,19)6-17/h13H,3-6H2,1-2H3,(H,20,24)(H,25,26)/t13-,16-/m0/s1. The number of nitrogens with one attached hydrogen (secondary N) is 1. The fraction of sp³-hybridized carbons (Fsp3) is 0.562. The Morgan fingerprint density at radius 3 is 2.72 bits per heavy atom. The zero-order valence-corrected chi connectivity index (χ0v) is 19.9. The summed E-state index contributed by atoms with van der Waals surface area (Å²) in [6.45, 7) is -0.144. The molecule has 0 spiro atoms. The number of carbonyl (C=O) groups excluding carboxylic acids is 2. The minimum Gasteiger partial charge on any atom is -0.477 e. The number of rotatable bonds is 10. The number of alkyl halides is 3. The molecule has 0 radical (unpaired) electrons. The first-order valence-electron chi connectivity index (χ1n) is 8.82. The van der Waals surface area contributed by atoms with Gasteiger partial charge in [-0.1, -0.05) is 34.9 Å². The van der Waals surface area contributed by atoms with Gasteiger partial charge in [-0.05, 0) is 12.5 Å². The number of aliphatic carboxylic acids is 1. The van der Waals surface area contributed by atoms with Crippen LogP contribution in [0.3, 0.4) is 0 Å². The van der Waals surface area contributed by atoms with Crippen LogP contribution in [0, 0.1) is 6.92 Å². The van der Waals surface area contributed by atoms with E-state index in [1.807, 2.05) is 0 Å². The normalized spacial score (nSPS) is 23.1. The van der Waals surface area contributed by atoms with Crippen LogP contribution in [0.15, 0.2) is 15.6 Å². The van der Waals surface area contributed by atoms with Gasteiger partial charge in [-0.3, -0.25) is 14.5 Å². The number of amides is 2. The molecule has 0 aromatic carbocycles. The summed E-state index contributed by atoms with van der Waals surface area (Å²) in [6.07, 6.45) is 0. The fourth-order valence-corrected chi connectivity index (χ4v) is 6.88. The van der Waals surface area contributed by atoms with Crippen LogP contribution in [-0.2, 0) is 19.1 Å². The van der Waals surface area contributed by atoms with E-state index in [0.29, 0.717) is 9.91 Å². The lowest BCUT2D eigenvalue weighted by Gasteiger charge is -2.55. The van der Waals surface area contributed by atoms with Gasteiger partial charge in [0, 0.05) is 18.6 Å². The molecule has 3 heterocycles. The molecule has 2 N–H and O–H groups in total. The summed E-state index contributed by atoms with van der Waals surface area (Å²) in [6, 6.07) is 0. The molecule has 2 amide bonds. The van der Waals surface area contributed by atoms with Gasteiger partial charge in [0.25, 0.3) is 11.6 Å². The Kier molecular flexibility index (Phi) is 7.69. The maximum Gasteiger partial charge on any atom is 0.352 e. The van der Waals surface area contributed by atoms with Crippen molar-refractivity contribution in [3.05, 3.63) is 16.3 Å². The third-order valence-electron chi connectivity index (χ3n) is 4.41. The molecule has 2 aliphatic heterocycles. The largest absolute Gasteiger partial charge is 0.477 e. The molecule has 1 aromatic heterocycles. The summed E-state index contributed by atoms with van der Waals surface area (Å²) in [7, 11) is 1.15. The van der Waals surface area contributed by atoms with E-state index in [1.165, 1.54) is 34.9 Å². The summed E-state index contributed by atoms with van der Waals surface area (Å²) >= 11 is 3.61. The van der Waals surface area contributed by atoms with E-state index in [9.17, 15) is 32.7 Å². The lowest BCUT2D eigenvalue weighted by Crippen LogP contribution is -2.80. The second-order valence-corrected chi connectivity index (χ2v) is 11.2. The first kappa shape index (κ1) is 25.1. The zero-order valence-electron chi connectivity index (χ0n) is 16.6. The topological polar surface area (TPSA) is 122 Å². The van der Waals surface area contributed by atoms with Crippen molar-refractivity contribution in [1.82, 2.24) is 20.4 Å². The number of carbonyl (C=O) groups is 3. The molecule has 1 fully saturated rings. The van der Waals surface area contributed by atoms with Crippen LogP contribution in [-0.4, -0.2) is 85.4 Å². The number of aryl methyl sites for hydroxylation is 1. The number of β-lactam (4-membered cyclic amide) rings is 1. The molecule has 0 saturated carbocycles. The van der Waals surface area contributed by atoms with Crippen LogP contribution in [0.25, 0.3) is 0 Å². The molecule has 16 heteroatoms. The third-order valence-corrected chi connectivity index (χ3v) is 8.78. The Balaban J connectivity index is 1.75. The van der Waals surface area contributed by atoms with Crippen molar-refractivity contribution in [1.29, 1.82) is 0 Å². The second kappa shape index (κ2) is 9.79. The number of methoxy groups -OCH3 is 1. The number of carboxylic acid groups (broad SMARTS) is 1. The maximum absolute atomic E-state index is 13.1. The van der Waals surface area contributed by atoms with E-state index in [0.717, 1.165) is 17.0 Å². The number of carboxylic acids is 1. The summed E-state index contributed by atoms with van der Waals surface area (Å²) in [5.41, 5.74) is -1.63. The monoisotopic (exact) mass is 530 g/mol. The van der Waals surface area contributed by atoms with Crippen LogP contribution >= 0.6 is 46.6 Å².